The van der Waals surface area contributed by atoms with Crippen molar-refractivity contribution in [1.82, 2.24) is 14.7 Å². The maximum absolute atomic E-state index is 12.5. The number of aromatic nitrogens is 3. The molecule has 0 radical (unpaired) electrons. The van der Waals surface area contributed by atoms with E-state index < -0.39 is 22.8 Å². The Morgan fingerprint density at radius 3 is 2.78 bits per heavy atom. The van der Waals surface area contributed by atoms with E-state index in [1.807, 2.05) is 6.92 Å². The molecule has 0 aromatic carbocycles. The summed E-state index contributed by atoms with van der Waals surface area (Å²) in [5.41, 5.74) is -1.44. The number of carbonyl (C=O) groups is 1. The van der Waals surface area contributed by atoms with Crippen molar-refractivity contribution in [2.24, 2.45) is 0 Å². The lowest BCUT2D eigenvalue weighted by Crippen LogP contribution is -2.33. The van der Waals surface area contributed by atoms with Gasteiger partial charge in [0.15, 0.2) is 11.2 Å². The fourth-order valence-corrected chi connectivity index (χ4v) is 2.16. The second-order valence-electron chi connectivity index (χ2n) is 4.59. The molecule has 0 bridgehead atoms. The highest BCUT2D eigenvalue weighted by Crippen LogP contribution is 2.30. The Labute approximate surface area is 136 Å². The van der Waals surface area contributed by atoms with Crippen molar-refractivity contribution in [3.63, 3.8) is 0 Å². The molecular weight excluding hydrogens is 326 g/mol. The van der Waals surface area contributed by atoms with Crippen molar-refractivity contribution in [3.05, 3.63) is 27.4 Å². The summed E-state index contributed by atoms with van der Waals surface area (Å²) in [5, 5.41) is 10.1. The topological polar surface area (TPSA) is 104 Å². The van der Waals surface area contributed by atoms with Gasteiger partial charge in [0.25, 0.3) is 0 Å². The zero-order valence-electron chi connectivity index (χ0n) is 12.7. The van der Waals surface area contributed by atoms with Gasteiger partial charge in [-0.2, -0.15) is 0 Å². The van der Waals surface area contributed by atoms with Gasteiger partial charge < -0.3 is 14.7 Å². The van der Waals surface area contributed by atoms with E-state index in [0.717, 1.165) is 17.5 Å². The maximum atomic E-state index is 12.5. The number of rotatable bonds is 6. The quantitative estimate of drug-likeness (QED) is 0.483. The van der Waals surface area contributed by atoms with Gasteiger partial charge in [-0.25, -0.2) is 14.8 Å². The van der Waals surface area contributed by atoms with E-state index >= 15 is 0 Å². The predicted octanol–water partition coefficient (Wildman–Crippen LogP) is 1.56. The highest BCUT2D eigenvalue weighted by atomic mass is 35.5. The van der Waals surface area contributed by atoms with Crippen LogP contribution in [0, 0.1) is 0 Å². The summed E-state index contributed by atoms with van der Waals surface area (Å²) in [5.74, 6) is -1.59. The van der Waals surface area contributed by atoms with Crippen molar-refractivity contribution in [3.8, 4) is 5.75 Å². The van der Waals surface area contributed by atoms with E-state index in [-0.39, 0.29) is 29.4 Å². The maximum Gasteiger partial charge on any atom is 0.347 e. The van der Waals surface area contributed by atoms with Gasteiger partial charge in [-0.1, -0.05) is 24.9 Å². The molecule has 0 amide bonds. The number of halogens is 1. The van der Waals surface area contributed by atoms with Crippen LogP contribution in [-0.4, -0.2) is 39.0 Å². The van der Waals surface area contributed by atoms with E-state index in [1.54, 1.807) is 6.92 Å². The number of unbranched alkanes of at least 4 members (excludes halogenated alkanes) is 1. The Morgan fingerprint density at radius 1 is 1.39 bits per heavy atom. The fourth-order valence-electron chi connectivity index (χ4n) is 1.94. The first-order valence-corrected chi connectivity index (χ1v) is 7.49. The summed E-state index contributed by atoms with van der Waals surface area (Å²) in [7, 11) is 0. The molecule has 124 valence electrons. The molecule has 9 heteroatoms. The van der Waals surface area contributed by atoms with Gasteiger partial charge in [-0.15, -0.1) is 4.73 Å². The van der Waals surface area contributed by atoms with Gasteiger partial charge in [0, 0.05) is 0 Å². The molecule has 2 aromatic heterocycles. The summed E-state index contributed by atoms with van der Waals surface area (Å²) >= 11 is 5.97. The molecule has 2 heterocycles. The van der Waals surface area contributed by atoms with E-state index in [1.165, 1.54) is 0 Å². The van der Waals surface area contributed by atoms with Crippen LogP contribution in [0.3, 0.4) is 0 Å². The van der Waals surface area contributed by atoms with Crippen LogP contribution in [0.2, 0.25) is 5.15 Å². The van der Waals surface area contributed by atoms with Crippen molar-refractivity contribution in [2.75, 3.05) is 13.2 Å². The summed E-state index contributed by atoms with van der Waals surface area (Å²) in [6.45, 7) is 3.83. The number of hydrogen-bond donors (Lipinski definition) is 1. The number of ether oxygens (including phenoxy) is 1. The normalized spacial score (nSPS) is 10.7. The molecule has 0 spiro atoms. The average molecular weight is 342 g/mol. The number of fused-ring (bicyclic) bond motifs is 1. The van der Waals surface area contributed by atoms with Crippen LogP contribution in [0.5, 0.6) is 5.75 Å². The number of aromatic hydroxyl groups is 1. The molecule has 0 atom stereocenters. The third-order valence-electron chi connectivity index (χ3n) is 3.04. The Hall–Kier alpha value is -2.35. The van der Waals surface area contributed by atoms with Crippen molar-refractivity contribution < 1.29 is 19.5 Å². The molecule has 0 fully saturated rings. The van der Waals surface area contributed by atoms with Crippen LogP contribution < -0.4 is 10.4 Å². The van der Waals surface area contributed by atoms with E-state index in [2.05, 4.69) is 9.97 Å². The van der Waals surface area contributed by atoms with Crippen LogP contribution in [-0.2, 0) is 4.74 Å². The Bertz CT molecular complexity index is 790. The zero-order valence-corrected chi connectivity index (χ0v) is 13.5. The number of esters is 1. The fraction of sp³-hybridized carbons (Fsp3) is 0.429. The number of carbonyl (C=O) groups excluding carboxylic acids is 1. The van der Waals surface area contributed by atoms with E-state index in [0.29, 0.717) is 6.42 Å². The lowest BCUT2D eigenvalue weighted by atomic mass is 10.2. The highest BCUT2D eigenvalue weighted by Gasteiger charge is 2.26. The summed E-state index contributed by atoms with van der Waals surface area (Å²) in [6, 6.07) is 0. The molecule has 0 aliphatic rings. The van der Waals surface area contributed by atoms with Crippen LogP contribution >= 0.6 is 11.6 Å². The van der Waals surface area contributed by atoms with Crippen molar-refractivity contribution in [1.29, 1.82) is 0 Å². The van der Waals surface area contributed by atoms with Crippen molar-refractivity contribution >= 4 is 28.6 Å². The third kappa shape index (κ3) is 3.21. The highest BCUT2D eigenvalue weighted by molar-refractivity contribution is 6.34. The SMILES string of the molecule is CCCCOn1c(=O)c(C(=O)OCC)c(O)c2c(Cl)ncnc21. The molecule has 8 nitrogen and oxygen atoms in total. The van der Waals surface area contributed by atoms with Gasteiger partial charge in [0.05, 0.1) is 6.61 Å². The summed E-state index contributed by atoms with van der Waals surface area (Å²) < 4.78 is 5.65. The molecule has 1 N–H and O–H groups in total. The summed E-state index contributed by atoms with van der Waals surface area (Å²) in [6.07, 6.45) is 2.68. The summed E-state index contributed by atoms with van der Waals surface area (Å²) in [4.78, 5) is 37.6. The molecule has 0 aliphatic heterocycles. The minimum atomic E-state index is -0.968. The second-order valence-corrected chi connectivity index (χ2v) is 4.95. The molecule has 2 aromatic rings. The third-order valence-corrected chi connectivity index (χ3v) is 3.33. The van der Waals surface area contributed by atoms with Crippen molar-refractivity contribution in [2.45, 2.75) is 26.7 Å². The minimum absolute atomic E-state index is 0.0170. The molecule has 0 saturated carbocycles. The molecular formula is C14H16ClN3O5. The Kier molecular flexibility index (Phi) is 5.38. The lowest BCUT2D eigenvalue weighted by molar-refractivity contribution is 0.0510. The second kappa shape index (κ2) is 7.28. The van der Waals surface area contributed by atoms with E-state index in [9.17, 15) is 14.7 Å². The standard InChI is InChI=1S/C14H16ClN3O5/c1-3-5-6-23-18-12-8(11(15)16-7-17-12)10(19)9(13(18)20)14(21)22-4-2/h7,19H,3-6H2,1-2H3. The predicted molar refractivity (Wildman–Crippen MR) is 82.8 cm³/mol. The van der Waals surface area contributed by atoms with E-state index in [4.69, 9.17) is 21.2 Å². The number of pyridine rings is 1. The largest absolute Gasteiger partial charge is 0.506 e. The molecule has 23 heavy (non-hydrogen) atoms. The first kappa shape index (κ1) is 17.0. The van der Waals surface area contributed by atoms with Gasteiger partial charge in [-0.05, 0) is 13.3 Å². The Morgan fingerprint density at radius 2 is 2.13 bits per heavy atom. The zero-order chi connectivity index (χ0) is 17.0. The molecule has 0 unspecified atom stereocenters. The van der Waals surface area contributed by atoms with Crippen LogP contribution in [0.25, 0.3) is 11.0 Å². The Balaban J connectivity index is 2.74. The first-order valence-electron chi connectivity index (χ1n) is 7.11. The van der Waals surface area contributed by atoms with Gasteiger partial charge in [0.1, 0.15) is 29.2 Å². The molecule has 0 aliphatic carbocycles. The lowest BCUT2D eigenvalue weighted by Gasteiger charge is -2.14. The van der Waals surface area contributed by atoms with Gasteiger partial charge in [0.2, 0.25) is 0 Å². The van der Waals surface area contributed by atoms with Gasteiger partial charge in [-0.3, -0.25) is 4.79 Å². The average Bonchev–Trinajstić information content (AvgIpc) is 2.50. The monoisotopic (exact) mass is 341 g/mol. The molecule has 0 saturated heterocycles. The smallest absolute Gasteiger partial charge is 0.347 e. The minimum Gasteiger partial charge on any atom is -0.506 e. The number of nitrogens with zero attached hydrogens (tertiary/aromatic N) is 3. The number of hydrogen-bond acceptors (Lipinski definition) is 7. The van der Waals surface area contributed by atoms with Crippen LogP contribution in [0.4, 0.5) is 0 Å². The van der Waals surface area contributed by atoms with Crippen LogP contribution in [0.15, 0.2) is 11.1 Å². The first-order chi connectivity index (χ1) is 11.0. The molecule has 2 rings (SSSR count). The van der Waals surface area contributed by atoms with Crippen LogP contribution in [0.1, 0.15) is 37.0 Å². The van der Waals surface area contributed by atoms with Gasteiger partial charge >= 0.3 is 11.5 Å².